The van der Waals surface area contributed by atoms with Crippen LogP contribution in [0.1, 0.15) is 15.9 Å². The Hall–Kier alpha value is -1.49. The second kappa shape index (κ2) is 2.77. The Bertz CT molecular complexity index is 478. The molecule has 0 aliphatic rings. The minimum absolute atomic E-state index is 0.292. The lowest BCUT2D eigenvalue weighted by Gasteiger charge is -1.98. The molecular weight excluding hydrogens is 188 g/mol. The van der Waals surface area contributed by atoms with E-state index < -0.39 is 5.97 Å². The van der Waals surface area contributed by atoms with E-state index in [9.17, 15) is 4.79 Å². The van der Waals surface area contributed by atoms with E-state index in [0.29, 0.717) is 16.6 Å². The predicted molar refractivity (Wildman–Crippen MR) is 49.1 cm³/mol. The standard InChI is InChI=1S/C8H6N2O2S/c1-4-2-6-7(10-13-9-6)3-5(4)8(11)12/h2-3H,1H3,(H,11,12). The van der Waals surface area contributed by atoms with Gasteiger partial charge in [0, 0.05) is 0 Å². The molecule has 0 saturated heterocycles. The molecule has 13 heavy (non-hydrogen) atoms. The minimum Gasteiger partial charge on any atom is -0.478 e. The minimum atomic E-state index is -0.924. The highest BCUT2D eigenvalue weighted by Gasteiger charge is 2.09. The molecular formula is C8H6N2O2S. The highest BCUT2D eigenvalue weighted by molar-refractivity contribution is 7.00. The number of carboxylic acids is 1. The lowest BCUT2D eigenvalue weighted by molar-refractivity contribution is 0.0696. The predicted octanol–water partition coefficient (Wildman–Crippen LogP) is 1.70. The Morgan fingerprint density at radius 2 is 2.00 bits per heavy atom. The fourth-order valence-electron chi connectivity index (χ4n) is 1.17. The fraction of sp³-hybridized carbons (Fsp3) is 0.125. The largest absolute Gasteiger partial charge is 0.478 e. The molecule has 1 heterocycles. The molecule has 2 rings (SSSR count). The van der Waals surface area contributed by atoms with Gasteiger partial charge in [0.15, 0.2) is 0 Å². The van der Waals surface area contributed by atoms with Crippen LogP contribution >= 0.6 is 11.7 Å². The van der Waals surface area contributed by atoms with Gasteiger partial charge >= 0.3 is 5.97 Å². The van der Waals surface area contributed by atoms with Crippen molar-refractivity contribution < 1.29 is 9.90 Å². The Morgan fingerprint density at radius 1 is 1.38 bits per heavy atom. The highest BCUT2D eigenvalue weighted by Crippen LogP contribution is 2.17. The summed E-state index contributed by atoms with van der Waals surface area (Å²) < 4.78 is 7.99. The molecule has 0 aliphatic heterocycles. The first-order valence-corrected chi connectivity index (χ1v) is 4.38. The van der Waals surface area contributed by atoms with Gasteiger partial charge in [0.05, 0.1) is 17.3 Å². The number of aromatic carboxylic acids is 1. The molecule has 0 radical (unpaired) electrons. The van der Waals surface area contributed by atoms with Gasteiger partial charge in [-0.15, -0.1) is 0 Å². The number of fused-ring (bicyclic) bond motifs is 1. The topological polar surface area (TPSA) is 63.1 Å². The molecule has 1 aromatic carbocycles. The fourth-order valence-corrected chi connectivity index (χ4v) is 1.68. The summed E-state index contributed by atoms with van der Waals surface area (Å²) in [5, 5.41) is 8.82. The summed E-state index contributed by atoms with van der Waals surface area (Å²) in [6.45, 7) is 1.75. The summed E-state index contributed by atoms with van der Waals surface area (Å²) in [4.78, 5) is 10.7. The zero-order valence-corrected chi connectivity index (χ0v) is 7.63. The molecule has 5 heteroatoms. The summed E-state index contributed by atoms with van der Waals surface area (Å²) in [6.07, 6.45) is 0. The SMILES string of the molecule is Cc1cc2nsnc2cc1C(=O)O. The monoisotopic (exact) mass is 194 g/mol. The van der Waals surface area contributed by atoms with Crippen LogP contribution in [0.25, 0.3) is 11.0 Å². The van der Waals surface area contributed by atoms with E-state index in [2.05, 4.69) is 8.75 Å². The van der Waals surface area contributed by atoms with Gasteiger partial charge in [0.2, 0.25) is 0 Å². The molecule has 4 nitrogen and oxygen atoms in total. The van der Waals surface area contributed by atoms with Crippen molar-refractivity contribution in [3.05, 3.63) is 23.3 Å². The third kappa shape index (κ3) is 1.27. The molecule has 0 atom stereocenters. The molecule has 66 valence electrons. The van der Waals surface area contributed by atoms with Gasteiger partial charge in [-0.05, 0) is 24.6 Å². The maximum atomic E-state index is 10.7. The first-order chi connectivity index (χ1) is 6.18. The van der Waals surface area contributed by atoms with Crippen molar-refractivity contribution in [1.29, 1.82) is 0 Å². The maximum Gasteiger partial charge on any atom is 0.336 e. The van der Waals surface area contributed by atoms with Gasteiger partial charge in [0.25, 0.3) is 0 Å². The van der Waals surface area contributed by atoms with Gasteiger partial charge in [-0.1, -0.05) is 0 Å². The van der Waals surface area contributed by atoms with Crippen LogP contribution in [0.3, 0.4) is 0 Å². The first-order valence-electron chi connectivity index (χ1n) is 3.64. The van der Waals surface area contributed by atoms with Crippen LogP contribution in [0.5, 0.6) is 0 Å². The molecule has 1 aromatic heterocycles. The number of carboxylic acid groups (broad SMARTS) is 1. The van der Waals surface area contributed by atoms with Crippen molar-refractivity contribution in [1.82, 2.24) is 8.75 Å². The van der Waals surface area contributed by atoms with Crippen LogP contribution < -0.4 is 0 Å². The van der Waals surface area contributed by atoms with Gasteiger partial charge in [0.1, 0.15) is 11.0 Å². The van der Waals surface area contributed by atoms with Crippen molar-refractivity contribution in [3.8, 4) is 0 Å². The van der Waals surface area contributed by atoms with E-state index >= 15 is 0 Å². The third-order valence-electron chi connectivity index (χ3n) is 1.83. The Balaban J connectivity index is 2.76. The zero-order chi connectivity index (χ0) is 9.42. The molecule has 0 amide bonds. The molecule has 0 unspecified atom stereocenters. The van der Waals surface area contributed by atoms with Gasteiger partial charge < -0.3 is 5.11 Å². The number of hydrogen-bond donors (Lipinski definition) is 1. The average Bonchev–Trinajstić information content (AvgIpc) is 2.48. The number of benzene rings is 1. The van der Waals surface area contributed by atoms with E-state index in [1.165, 1.54) is 0 Å². The van der Waals surface area contributed by atoms with Crippen molar-refractivity contribution in [3.63, 3.8) is 0 Å². The Labute approximate surface area is 78.2 Å². The summed E-state index contributed by atoms with van der Waals surface area (Å²) in [6, 6.07) is 3.29. The van der Waals surface area contributed by atoms with Gasteiger partial charge in [-0.3, -0.25) is 0 Å². The van der Waals surface area contributed by atoms with Crippen LogP contribution in [0, 0.1) is 6.92 Å². The first kappa shape index (κ1) is 8.12. The van der Waals surface area contributed by atoms with Crippen LogP contribution in [-0.2, 0) is 0 Å². The quantitative estimate of drug-likeness (QED) is 0.750. The molecule has 0 aliphatic carbocycles. The maximum absolute atomic E-state index is 10.7. The molecule has 0 fully saturated rings. The smallest absolute Gasteiger partial charge is 0.336 e. The molecule has 0 saturated carbocycles. The lowest BCUT2D eigenvalue weighted by Crippen LogP contribution is -1.99. The summed E-state index contributed by atoms with van der Waals surface area (Å²) in [7, 11) is 0. The number of nitrogens with zero attached hydrogens (tertiary/aromatic N) is 2. The number of carbonyl (C=O) groups is 1. The van der Waals surface area contributed by atoms with E-state index in [1.807, 2.05) is 0 Å². The molecule has 0 bridgehead atoms. The Morgan fingerprint density at radius 3 is 2.62 bits per heavy atom. The molecule has 1 N–H and O–H groups in total. The summed E-state index contributed by atoms with van der Waals surface area (Å²) in [5.74, 6) is -0.924. The van der Waals surface area contributed by atoms with Crippen LogP contribution in [0.15, 0.2) is 12.1 Å². The van der Waals surface area contributed by atoms with Crippen LogP contribution in [0.4, 0.5) is 0 Å². The van der Waals surface area contributed by atoms with Gasteiger partial charge in [-0.25, -0.2) is 4.79 Å². The summed E-state index contributed by atoms with van der Waals surface area (Å²) >= 11 is 1.09. The summed E-state index contributed by atoms with van der Waals surface area (Å²) in [5.41, 5.74) is 2.41. The van der Waals surface area contributed by atoms with Crippen molar-refractivity contribution in [2.75, 3.05) is 0 Å². The number of aromatic nitrogens is 2. The van der Waals surface area contributed by atoms with Crippen molar-refractivity contribution >= 4 is 28.7 Å². The van der Waals surface area contributed by atoms with Gasteiger partial charge in [-0.2, -0.15) is 8.75 Å². The molecule has 2 aromatic rings. The number of aryl methyl sites for hydroxylation is 1. The van der Waals surface area contributed by atoms with E-state index in [4.69, 9.17) is 5.11 Å². The van der Waals surface area contributed by atoms with Crippen molar-refractivity contribution in [2.45, 2.75) is 6.92 Å². The second-order valence-electron chi connectivity index (χ2n) is 2.73. The van der Waals surface area contributed by atoms with E-state index in [1.54, 1.807) is 19.1 Å². The van der Waals surface area contributed by atoms with Crippen LogP contribution in [0.2, 0.25) is 0 Å². The van der Waals surface area contributed by atoms with E-state index in [-0.39, 0.29) is 0 Å². The number of rotatable bonds is 1. The average molecular weight is 194 g/mol. The highest BCUT2D eigenvalue weighted by atomic mass is 32.1. The molecule has 0 spiro atoms. The second-order valence-corrected chi connectivity index (χ2v) is 3.25. The van der Waals surface area contributed by atoms with E-state index in [0.717, 1.165) is 17.2 Å². The zero-order valence-electron chi connectivity index (χ0n) is 6.81. The Kier molecular flexibility index (Phi) is 1.73. The normalized spacial score (nSPS) is 10.5. The van der Waals surface area contributed by atoms with Crippen LogP contribution in [-0.4, -0.2) is 19.8 Å². The van der Waals surface area contributed by atoms with Crippen molar-refractivity contribution in [2.24, 2.45) is 0 Å². The third-order valence-corrected chi connectivity index (χ3v) is 2.39. The number of hydrogen-bond acceptors (Lipinski definition) is 4. The lowest BCUT2D eigenvalue weighted by atomic mass is 10.1.